The molecule has 4 nitrogen and oxygen atoms in total. The number of halogens is 1. The van der Waals surface area contributed by atoms with Crippen molar-refractivity contribution in [1.29, 1.82) is 0 Å². The van der Waals surface area contributed by atoms with E-state index in [1.165, 1.54) is 17.3 Å². The summed E-state index contributed by atoms with van der Waals surface area (Å²) in [6, 6.07) is 4.91. The molecule has 7 heteroatoms. The molecule has 1 saturated heterocycles. The SMILES string of the molecule is O=[N+]([O-])c1ccc(CNCC2CSCCS2)c(Br)c1. The van der Waals surface area contributed by atoms with Gasteiger partial charge in [0.25, 0.3) is 5.69 Å². The van der Waals surface area contributed by atoms with E-state index in [2.05, 4.69) is 21.2 Å². The van der Waals surface area contributed by atoms with Gasteiger partial charge in [-0.25, -0.2) is 0 Å². The zero-order chi connectivity index (χ0) is 13.7. The fourth-order valence-electron chi connectivity index (χ4n) is 1.82. The van der Waals surface area contributed by atoms with Crippen molar-refractivity contribution in [2.75, 3.05) is 23.8 Å². The Kier molecular flexibility index (Phi) is 6.00. The van der Waals surface area contributed by atoms with Crippen LogP contribution in [0.5, 0.6) is 0 Å². The van der Waals surface area contributed by atoms with Crippen LogP contribution in [-0.2, 0) is 6.54 Å². The second-order valence-electron chi connectivity index (χ2n) is 4.23. The van der Waals surface area contributed by atoms with Gasteiger partial charge in [-0.2, -0.15) is 23.5 Å². The molecule has 1 aromatic carbocycles. The van der Waals surface area contributed by atoms with E-state index in [1.807, 2.05) is 23.5 Å². The van der Waals surface area contributed by atoms with Crippen LogP contribution in [-0.4, -0.2) is 34.0 Å². The van der Waals surface area contributed by atoms with Gasteiger partial charge >= 0.3 is 0 Å². The molecule has 104 valence electrons. The van der Waals surface area contributed by atoms with Crippen molar-refractivity contribution in [3.63, 3.8) is 0 Å². The number of nitro benzene ring substituents is 1. The van der Waals surface area contributed by atoms with E-state index < -0.39 is 0 Å². The van der Waals surface area contributed by atoms with Gasteiger partial charge in [-0.05, 0) is 11.6 Å². The highest BCUT2D eigenvalue weighted by Crippen LogP contribution is 2.25. The Labute approximate surface area is 129 Å². The van der Waals surface area contributed by atoms with Gasteiger partial charge < -0.3 is 5.32 Å². The van der Waals surface area contributed by atoms with Crippen molar-refractivity contribution in [3.8, 4) is 0 Å². The smallest absolute Gasteiger partial charge is 0.270 e. The molecule has 2 rings (SSSR count). The normalized spacial score (nSPS) is 19.3. The van der Waals surface area contributed by atoms with Gasteiger partial charge in [0, 0.05) is 52.2 Å². The summed E-state index contributed by atoms with van der Waals surface area (Å²) in [5.74, 6) is 3.70. The molecule has 0 amide bonds. The Balaban J connectivity index is 1.83. The number of benzene rings is 1. The summed E-state index contributed by atoms with van der Waals surface area (Å²) in [5, 5.41) is 14.8. The van der Waals surface area contributed by atoms with Gasteiger partial charge in [-0.1, -0.05) is 15.9 Å². The first-order chi connectivity index (χ1) is 9.16. The van der Waals surface area contributed by atoms with Crippen LogP contribution in [0.4, 0.5) is 5.69 Å². The molecule has 0 saturated carbocycles. The van der Waals surface area contributed by atoms with E-state index in [4.69, 9.17) is 0 Å². The molecular formula is C12H15BrN2O2S2. The lowest BCUT2D eigenvalue weighted by Crippen LogP contribution is -2.28. The Hall–Kier alpha value is -0.240. The summed E-state index contributed by atoms with van der Waals surface area (Å²) in [6.45, 7) is 1.72. The van der Waals surface area contributed by atoms with Crippen molar-refractivity contribution in [2.45, 2.75) is 11.8 Å². The van der Waals surface area contributed by atoms with Crippen LogP contribution in [0.2, 0.25) is 0 Å². The molecular weight excluding hydrogens is 348 g/mol. The van der Waals surface area contributed by atoms with E-state index >= 15 is 0 Å². The quantitative estimate of drug-likeness (QED) is 0.643. The summed E-state index contributed by atoms with van der Waals surface area (Å²) in [4.78, 5) is 10.3. The molecule has 1 fully saturated rings. The zero-order valence-electron chi connectivity index (χ0n) is 10.3. The number of hydrogen-bond acceptors (Lipinski definition) is 5. The number of nitrogens with one attached hydrogen (secondary N) is 1. The monoisotopic (exact) mass is 362 g/mol. The third-order valence-corrected chi connectivity index (χ3v) is 6.40. The lowest BCUT2D eigenvalue weighted by molar-refractivity contribution is -0.384. The van der Waals surface area contributed by atoms with Crippen LogP contribution >= 0.6 is 39.5 Å². The summed E-state index contributed by atoms with van der Waals surface area (Å²) in [5.41, 5.74) is 1.17. The highest BCUT2D eigenvalue weighted by molar-refractivity contribution is 9.10. The van der Waals surface area contributed by atoms with Gasteiger partial charge in [0.15, 0.2) is 0 Å². The largest absolute Gasteiger partial charge is 0.312 e. The van der Waals surface area contributed by atoms with Crippen LogP contribution in [0.1, 0.15) is 5.56 Å². The molecule has 1 aliphatic rings. The molecule has 1 aliphatic heterocycles. The van der Waals surface area contributed by atoms with Crippen LogP contribution < -0.4 is 5.32 Å². The third kappa shape index (κ3) is 4.66. The molecule has 1 atom stereocenters. The predicted octanol–water partition coefficient (Wildman–Crippen LogP) is 3.30. The average molecular weight is 363 g/mol. The summed E-state index contributed by atoms with van der Waals surface area (Å²) in [6.07, 6.45) is 0. The number of nitro groups is 1. The van der Waals surface area contributed by atoms with E-state index in [0.717, 1.165) is 23.1 Å². The van der Waals surface area contributed by atoms with Crippen LogP contribution in [0.25, 0.3) is 0 Å². The number of thioether (sulfide) groups is 2. The molecule has 1 unspecified atom stereocenters. The van der Waals surface area contributed by atoms with Crippen molar-refractivity contribution in [3.05, 3.63) is 38.3 Å². The summed E-state index contributed by atoms with van der Waals surface area (Å²) in [7, 11) is 0. The Bertz CT molecular complexity index is 453. The number of hydrogen-bond donors (Lipinski definition) is 1. The maximum atomic E-state index is 10.6. The van der Waals surface area contributed by atoms with Crippen molar-refractivity contribution < 1.29 is 4.92 Å². The van der Waals surface area contributed by atoms with Crippen molar-refractivity contribution in [2.24, 2.45) is 0 Å². The summed E-state index contributed by atoms with van der Waals surface area (Å²) < 4.78 is 0.792. The molecule has 0 bridgehead atoms. The predicted molar refractivity (Wildman–Crippen MR) is 86.1 cm³/mol. The molecule has 1 N–H and O–H groups in total. The van der Waals surface area contributed by atoms with Crippen molar-refractivity contribution in [1.82, 2.24) is 5.32 Å². The highest BCUT2D eigenvalue weighted by atomic mass is 79.9. The Morgan fingerprint density at radius 3 is 2.95 bits per heavy atom. The minimum atomic E-state index is -0.377. The van der Waals surface area contributed by atoms with Gasteiger partial charge in [0.05, 0.1) is 4.92 Å². The second-order valence-corrected chi connectivity index (χ2v) is 7.64. The van der Waals surface area contributed by atoms with Crippen LogP contribution in [0.15, 0.2) is 22.7 Å². The van der Waals surface area contributed by atoms with E-state index in [9.17, 15) is 10.1 Å². The highest BCUT2D eigenvalue weighted by Gasteiger charge is 2.14. The van der Waals surface area contributed by atoms with E-state index in [-0.39, 0.29) is 10.6 Å². The van der Waals surface area contributed by atoms with Gasteiger partial charge in [-0.15, -0.1) is 0 Å². The van der Waals surface area contributed by atoms with E-state index in [1.54, 1.807) is 18.2 Å². The number of non-ortho nitro benzene ring substituents is 1. The fourth-order valence-corrected chi connectivity index (χ4v) is 4.97. The van der Waals surface area contributed by atoms with Crippen LogP contribution in [0, 0.1) is 10.1 Å². The van der Waals surface area contributed by atoms with Gasteiger partial charge in [0.1, 0.15) is 0 Å². The van der Waals surface area contributed by atoms with E-state index in [0.29, 0.717) is 5.25 Å². The van der Waals surface area contributed by atoms with Crippen LogP contribution in [0.3, 0.4) is 0 Å². The average Bonchev–Trinajstić information content (AvgIpc) is 2.41. The third-order valence-electron chi connectivity index (χ3n) is 2.82. The molecule has 0 spiro atoms. The minimum absolute atomic E-state index is 0.120. The number of nitrogens with zero attached hydrogens (tertiary/aromatic N) is 1. The van der Waals surface area contributed by atoms with Gasteiger partial charge in [0.2, 0.25) is 0 Å². The molecule has 1 aromatic rings. The zero-order valence-corrected chi connectivity index (χ0v) is 13.5. The lowest BCUT2D eigenvalue weighted by atomic mass is 10.2. The molecule has 0 radical (unpaired) electrons. The lowest BCUT2D eigenvalue weighted by Gasteiger charge is -2.21. The maximum Gasteiger partial charge on any atom is 0.270 e. The topological polar surface area (TPSA) is 55.2 Å². The minimum Gasteiger partial charge on any atom is -0.312 e. The first kappa shape index (κ1) is 15.2. The van der Waals surface area contributed by atoms with Crippen molar-refractivity contribution >= 4 is 45.1 Å². The molecule has 19 heavy (non-hydrogen) atoms. The van der Waals surface area contributed by atoms with Gasteiger partial charge in [-0.3, -0.25) is 10.1 Å². The molecule has 0 aromatic heterocycles. The first-order valence-corrected chi connectivity index (χ1v) is 8.99. The maximum absolute atomic E-state index is 10.6. The number of rotatable bonds is 5. The Morgan fingerprint density at radius 2 is 2.32 bits per heavy atom. The second kappa shape index (κ2) is 7.52. The molecule has 1 heterocycles. The first-order valence-electron chi connectivity index (χ1n) is 5.99. The standard InChI is InChI=1S/C12H15BrN2O2S2/c13-12-5-10(15(16)17)2-1-9(12)6-14-7-11-8-18-3-4-19-11/h1-2,5,11,14H,3-4,6-8H2. The fraction of sp³-hybridized carbons (Fsp3) is 0.500. The molecule has 0 aliphatic carbocycles. The Morgan fingerprint density at radius 1 is 1.47 bits per heavy atom. The summed E-state index contributed by atoms with van der Waals surface area (Å²) >= 11 is 7.42.